The van der Waals surface area contributed by atoms with Gasteiger partial charge in [-0.2, -0.15) is 18.3 Å². The Hall–Kier alpha value is -4.14. The number of ketones is 1. The number of nitrogens with one attached hydrogen (secondary N) is 1. The van der Waals surface area contributed by atoms with E-state index in [1.54, 1.807) is 43.6 Å². The van der Waals surface area contributed by atoms with Crippen molar-refractivity contribution < 1.29 is 22.7 Å². The van der Waals surface area contributed by atoms with Gasteiger partial charge in [0.2, 0.25) is 5.88 Å². The fraction of sp³-hybridized carbons (Fsp3) is 0.344. The lowest BCUT2D eigenvalue weighted by molar-refractivity contribution is -0.173. The van der Waals surface area contributed by atoms with Gasteiger partial charge in [-0.1, -0.05) is 68.4 Å². The smallest absolute Gasteiger partial charge is 0.410 e. The number of fused-ring (bicyclic) bond motifs is 1. The van der Waals surface area contributed by atoms with Gasteiger partial charge in [-0.05, 0) is 35.6 Å². The number of Topliss-reactive ketones (excluding diaryl/α,β-unsaturated/α-hetero) is 1. The zero-order chi connectivity index (χ0) is 29.2. The molecule has 0 amide bonds. The minimum atomic E-state index is -4.51. The molecule has 0 radical (unpaired) electrons. The van der Waals surface area contributed by atoms with Crippen LogP contribution in [0.3, 0.4) is 0 Å². The van der Waals surface area contributed by atoms with Crippen molar-refractivity contribution in [1.29, 1.82) is 0 Å². The molecule has 0 saturated carbocycles. The highest BCUT2D eigenvalue weighted by atomic mass is 19.4. The molecular weight excluding hydrogens is 529 g/mol. The maximum absolute atomic E-state index is 14.1. The molecule has 0 fully saturated rings. The van der Waals surface area contributed by atoms with Crippen LogP contribution in [0.25, 0.3) is 11.1 Å². The predicted octanol–water partition coefficient (Wildman–Crippen LogP) is 7.94. The number of aromatic nitrogens is 3. The average Bonchev–Trinajstić information content (AvgIpc) is 3.44. The molecule has 1 N–H and O–H groups in total. The highest BCUT2D eigenvalue weighted by Gasteiger charge is 2.47. The SMILES string of the molecule is CCC(CC)(CC(=O)c1cnn2c1NC(c1ccccc1)CC2C(F)(F)F)c1ccc(-c2ccc(OC)nc2)cc1. The molecule has 0 spiro atoms. The Morgan fingerprint density at radius 1 is 0.976 bits per heavy atom. The van der Waals surface area contributed by atoms with Gasteiger partial charge in [-0.3, -0.25) is 4.79 Å². The molecule has 5 rings (SSSR count). The first-order valence-corrected chi connectivity index (χ1v) is 13.8. The molecule has 1 aliphatic rings. The number of alkyl halides is 3. The van der Waals surface area contributed by atoms with Gasteiger partial charge in [-0.15, -0.1) is 0 Å². The molecular formula is C32H33F3N4O2. The summed E-state index contributed by atoms with van der Waals surface area (Å²) >= 11 is 0. The standard InChI is InChI=1S/C32H33F3N4O2/c1-4-31(5-2,24-14-11-21(12-15-24)23-13-16-29(41-3)36-19-23)18-27(40)25-20-37-39-28(32(33,34)35)17-26(38-30(25)39)22-9-7-6-8-10-22/h6-16,19-20,26,28,38H,4-5,17-18H2,1-3H3. The third-order valence-corrected chi connectivity index (χ3v) is 8.37. The fourth-order valence-electron chi connectivity index (χ4n) is 5.77. The van der Waals surface area contributed by atoms with E-state index in [4.69, 9.17) is 4.74 Å². The van der Waals surface area contributed by atoms with Crippen molar-refractivity contribution in [3.63, 3.8) is 0 Å². The van der Waals surface area contributed by atoms with E-state index in [1.807, 2.05) is 50.2 Å². The number of hydrogen-bond donors (Lipinski definition) is 1. The van der Waals surface area contributed by atoms with Crippen molar-refractivity contribution in [3.05, 3.63) is 95.8 Å². The van der Waals surface area contributed by atoms with E-state index in [9.17, 15) is 18.0 Å². The maximum Gasteiger partial charge on any atom is 0.410 e. The summed E-state index contributed by atoms with van der Waals surface area (Å²) in [5, 5.41) is 7.27. The van der Waals surface area contributed by atoms with E-state index in [2.05, 4.69) is 15.4 Å². The summed E-state index contributed by atoms with van der Waals surface area (Å²) in [5.74, 6) is 0.426. The van der Waals surface area contributed by atoms with E-state index in [0.29, 0.717) is 18.7 Å². The Morgan fingerprint density at radius 2 is 1.66 bits per heavy atom. The van der Waals surface area contributed by atoms with Crippen LogP contribution in [0, 0.1) is 0 Å². The highest BCUT2D eigenvalue weighted by Crippen LogP contribution is 2.45. The molecule has 2 atom stereocenters. The minimum Gasteiger partial charge on any atom is -0.481 e. The van der Waals surface area contributed by atoms with E-state index >= 15 is 0 Å². The molecule has 0 aliphatic carbocycles. The second-order valence-corrected chi connectivity index (χ2v) is 10.5. The van der Waals surface area contributed by atoms with Gasteiger partial charge >= 0.3 is 6.18 Å². The number of carbonyl (C=O) groups is 1. The van der Waals surface area contributed by atoms with Crippen molar-refractivity contribution in [2.24, 2.45) is 0 Å². The average molecular weight is 563 g/mol. The third kappa shape index (κ3) is 5.58. The molecule has 1 aliphatic heterocycles. The first-order chi connectivity index (χ1) is 19.7. The zero-order valence-electron chi connectivity index (χ0n) is 23.3. The molecule has 41 heavy (non-hydrogen) atoms. The van der Waals surface area contributed by atoms with Gasteiger partial charge in [0.25, 0.3) is 0 Å². The van der Waals surface area contributed by atoms with Crippen LogP contribution in [0.5, 0.6) is 5.88 Å². The van der Waals surface area contributed by atoms with Crippen LogP contribution in [0.4, 0.5) is 19.0 Å². The summed E-state index contributed by atoms with van der Waals surface area (Å²) in [5.41, 5.74) is 3.36. The van der Waals surface area contributed by atoms with Crippen molar-refractivity contribution >= 4 is 11.6 Å². The van der Waals surface area contributed by atoms with Crippen LogP contribution in [0.1, 0.15) is 73.1 Å². The number of anilines is 1. The number of benzene rings is 2. The molecule has 0 saturated heterocycles. The maximum atomic E-state index is 14.1. The lowest BCUT2D eigenvalue weighted by atomic mass is 9.71. The quantitative estimate of drug-likeness (QED) is 0.210. The Kier molecular flexibility index (Phi) is 7.89. The number of carbonyl (C=O) groups excluding carboxylic acids is 1. The van der Waals surface area contributed by atoms with Crippen LogP contribution in [-0.2, 0) is 5.41 Å². The predicted molar refractivity (Wildman–Crippen MR) is 152 cm³/mol. The lowest BCUT2D eigenvalue weighted by Gasteiger charge is -2.35. The second kappa shape index (κ2) is 11.4. The second-order valence-electron chi connectivity index (χ2n) is 10.5. The first-order valence-electron chi connectivity index (χ1n) is 13.8. The Balaban J connectivity index is 1.44. The number of rotatable bonds is 9. The van der Waals surface area contributed by atoms with Crippen LogP contribution in [0.15, 0.2) is 79.1 Å². The summed E-state index contributed by atoms with van der Waals surface area (Å²) < 4.78 is 48.5. The Labute approximate surface area is 237 Å². The minimum absolute atomic E-state index is 0.126. The van der Waals surface area contributed by atoms with Gasteiger partial charge in [0.1, 0.15) is 5.82 Å². The molecule has 9 heteroatoms. The summed E-state index contributed by atoms with van der Waals surface area (Å²) in [6, 6.07) is 18.4. The van der Waals surface area contributed by atoms with Crippen molar-refractivity contribution in [2.45, 2.75) is 63.2 Å². The molecule has 2 aromatic heterocycles. The fourth-order valence-corrected chi connectivity index (χ4v) is 5.77. The van der Waals surface area contributed by atoms with Crippen LogP contribution < -0.4 is 10.1 Å². The number of pyridine rings is 1. The van der Waals surface area contributed by atoms with Crippen LogP contribution >= 0.6 is 0 Å². The monoisotopic (exact) mass is 562 g/mol. The van der Waals surface area contributed by atoms with Gasteiger partial charge in [0.15, 0.2) is 11.8 Å². The first kappa shape index (κ1) is 28.4. The van der Waals surface area contributed by atoms with Gasteiger partial charge in [-0.25, -0.2) is 9.67 Å². The van der Waals surface area contributed by atoms with Gasteiger partial charge < -0.3 is 10.1 Å². The number of hydrogen-bond acceptors (Lipinski definition) is 5. The van der Waals surface area contributed by atoms with E-state index in [1.165, 1.54) is 6.20 Å². The summed E-state index contributed by atoms with van der Waals surface area (Å²) in [6.45, 7) is 4.07. The Bertz CT molecular complexity index is 1480. The number of methoxy groups -OCH3 is 1. The molecule has 3 heterocycles. The number of nitrogens with zero attached hydrogens (tertiary/aromatic N) is 3. The topological polar surface area (TPSA) is 69.0 Å². The molecule has 6 nitrogen and oxygen atoms in total. The van der Waals surface area contributed by atoms with E-state index < -0.39 is 23.7 Å². The van der Waals surface area contributed by atoms with Gasteiger partial charge in [0, 0.05) is 36.1 Å². The summed E-state index contributed by atoms with van der Waals surface area (Å²) in [7, 11) is 1.57. The van der Waals surface area contributed by atoms with E-state index in [0.717, 1.165) is 26.9 Å². The normalized spacial score (nSPS) is 17.0. The van der Waals surface area contributed by atoms with Crippen LogP contribution in [0.2, 0.25) is 0 Å². The van der Waals surface area contributed by atoms with Gasteiger partial charge in [0.05, 0.1) is 24.9 Å². The number of ether oxygens (including phenoxy) is 1. The van der Waals surface area contributed by atoms with Crippen LogP contribution in [-0.4, -0.2) is 33.8 Å². The molecule has 2 aromatic carbocycles. The molecule has 214 valence electrons. The third-order valence-electron chi connectivity index (χ3n) is 8.37. The molecule has 0 bridgehead atoms. The van der Waals surface area contributed by atoms with Crippen molar-refractivity contribution in [3.8, 4) is 17.0 Å². The van der Waals surface area contributed by atoms with Crippen molar-refractivity contribution in [1.82, 2.24) is 14.8 Å². The summed E-state index contributed by atoms with van der Waals surface area (Å²) in [6.07, 6.45) is -0.158. The largest absolute Gasteiger partial charge is 0.481 e. The highest BCUT2D eigenvalue weighted by molar-refractivity contribution is 6.01. The van der Waals surface area contributed by atoms with Crippen molar-refractivity contribution in [2.75, 3.05) is 12.4 Å². The Morgan fingerprint density at radius 3 is 2.24 bits per heavy atom. The summed E-state index contributed by atoms with van der Waals surface area (Å²) in [4.78, 5) is 18.1. The molecule has 4 aromatic rings. The molecule has 2 unspecified atom stereocenters. The van der Waals surface area contributed by atoms with E-state index in [-0.39, 0.29) is 30.0 Å². The zero-order valence-corrected chi connectivity index (χ0v) is 23.3. The number of halogens is 3. The lowest BCUT2D eigenvalue weighted by Crippen LogP contribution is -2.36.